The van der Waals surface area contributed by atoms with E-state index in [0.717, 1.165) is 47.4 Å². The Hall–Kier alpha value is -0.900. The molecule has 0 aliphatic carbocycles. The molecule has 2 rings (SSSR count). The van der Waals surface area contributed by atoms with Gasteiger partial charge in [-0.05, 0) is 31.6 Å². The van der Waals surface area contributed by atoms with Gasteiger partial charge in [-0.15, -0.1) is 0 Å². The predicted octanol–water partition coefficient (Wildman–Crippen LogP) is 3.14. The fourth-order valence-corrected chi connectivity index (χ4v) is 3.31. The standard InChI is InChI=1S/C13H20N2OS/c1-3-11-12(9-16)17-13(14-11)15-7-4-5-10(2)6-8-15/h9-10H,3-8H2,1-2H3. The molecule has 1 aliphatic heterocycles. The highest BCUT2D eigenvalue weighted by atomic mass is 32.1. The van der Waals surface area contributed by atoms with Crippen molar-refractivity contribution in [2.24, 2.45) is 5.92 Å². The summed E-state index contributed by atoms with van der Waals surface area (Å²) in [6.45, 7) is 6.53. The molecule has 0 bridgehead atoms. The van der Waals surface area contributed by atoms with Crippen LogP contribution in [-0.4, -0.2) is 24.4 Å². The first kappa shape index (κ1) is 12.6. The summed E-state index contributed by atoms with van der Waals surface area (Å²) in [4.78, 5) is 18.7. The highest BCUT2D eigenvalue weighted by Gasteiger charge is 2.18. The van der Waals surface area contributed by atoms with Gasteiger partial charge in [0.2, 0.25) is 0 Å². The number of nitrogens with zero attached hydrogens (tertiary/aromatic N) is 2. The summed E-state index contributed by atoms with van der Waals surface area (Å²) in [5.41, 5.74) is 0.956. The van der Waals surface area contributed by atoms with Gasteiger partial charge in [0.05, 0.1) is 10.6 Å². The molecule has 0 N–H and O–H groups in total. The Morgan fingerprint density at radius 1 is 1.47 bits per heavy atom. The zero-order chi connectivity index (χ0) is 12.3. The number of anilines is 1. The molecule has 0 saturated carbocycles. The molecular weight excluding hydrogens is 232 g/mol. The number of hydrogen-bond donors (Lipinski definition) is 0. The van der Waals surface area contributed by atoms with E-state index in [4.69, 9.17) is 0 Å². The van der Waals surface area contributed by atoms with E-state index in [2.05, 4.69) is 23.7 Å². The first-order valence-corrected chi connectivity index (χ1v) is 7.26. The smallest absolute Gasteiger partial charge is 0.186 e. The predicted molar refractivity (Wildman–Crippen MR) is 72.1 cm³/mol. The van der Waals surface area contributed by atoms with Crippen LogP contribution in [-0.2, 0) is 6.42 Å². The summed E-state index contributed by atoms with van der Waals surface area (Å²) >= 11 is 1.55. The van der Waals surface area contributed by atoms with Crippen LogP contribution in [0.2, 0.25) is 0 Å². The molecule has 17 heavy (non-hydrogen) atoms. The highest BCUT2D eigenvalue weighted by Crippen LogP contribution is 2.28. The van der Waals surface area contributed by atoms with Crippen molar-refractivity contribution in [2.75, 3.05) is 18.0 Å². The number of thiazole rings is 1. The lowest BCUT2D eigenvalue weighted by Gasteiger charge is -2.18. The van der Waals surface area contributed by atoms with Crippen molar-refractivity contribution in [1.82, 2.24) is 4.98 Å². The van der Waals surface area contributed by atoms with Crippen molar-refractivity contribution in [3.8, 4) is 0 Å². The second-order valence-corrected chi connectivity index (χ2v) is 5.81. The lowest BCUT2D eigenvalue weighted by Crippen LogP contribution is -2.23. The number of aldehydes is 1. The quantitative estimate of drug-likeness (QED) is 0.775. The molecule has 3 nitrogen and oxygen atoms in total. The summed E-state index contributed by atoms with van der Waals surface area (Å²) in [5.74, 6) is 0.816. The normalized spacial score (nSPS) is 21.3. The SMILES string of the molecule is CCc1nc(N2CCCC(C)CC2)sc1C=O. The number of carbonyl (C=O) groups is 1. The number of aromatic nitrogens is 1. The summed E-state index contributed by atoms with van der Waals surface area (Å²) in [6.07, 6.45) is 5.56. The largest absolute Gasteiger partial charge is 0.348 e. The molecule has 1 atom stereocenters. The fourth-order valence-electron chi connectivity index (χ4n) is 2.29. The van der Waals surface area contributed by atoms with Gasteiger partial charge in [-0.2, -0.15) is 0 Å². The van der Waals surface area contributed by atoms with E-state index in [9.17, 15) is 4.79 Å². The Morgan fingerprint density at radius 3 is 2.94 bits per heavy atom. The van der Waals surface area contributed by atoms with Crippen molar-refractivity contribution >= 4 is 22.8 Å². The minimum Gasteiger partial charge on any atom is -0.348 e. The van der Waals surface area contributed by atoms with Gasteiger partial charge in [-0.25, -0.2) is 4.98 Å². The summed E-state index contributed by atoms with van der Waals surface area (Å²) in [5, 5.41) is 1.04. The average Bonchev–Trinajstić information content (AvgIpc) is 2.64. The molecule has 0 radical (unpaired) electrons. The van der Waals surface area contributed by atoms with E-state index < -0.39 is 0 Å². The van der Waals surface area contributed by atoms with E-state index in [1.807, 2.05) is 0 Å². The van der Waals surface area contributed by atoms with Gasteiger partial charge < -0.3 is 4.90 Å². The van der Waals surface area contributed by atoms with Crippen LogP contribution in [0.3, 0.4) is 0 Å². The minimum atomic E-state index is 0.805. The first-order chi connectivity index (χ1) is 8.24. The molecule has 4 heteroatoms. The molecule has 1 fully saturated rings. The lowest BCUT2D eigenvalue weighted by molar-refractivity contribution is 0.112. The number of carbonyl (C=O) groups excluding carboxylic acids is 1. The van der Waals surface area contributed by atoms with Crippen LogP contribution in [0, 0.1) is 5.92 Å². The van der Waals surface area contributed by atoms with Crippen molar-refractivity contribution < 1.29 is 4.79 Å². The third kappa shape index (κ3) is 2.86. The van der Waals surface area contributed by atoms with Gasteiger partial charge in [0, 0.05) is 13.1 Å². The third-order valence-corrected chi connectivity index (χ3v) is 4.53. The molecule has 0 aromatic carbocycles. The van der Waals surface area contributed by atoms with Crippen molar-refractivity contribution in [2.45, 2.75) is 39.5 Å². The van der Waals surface area contributed by atoms with Crippen LogP contribution in [0.1, 0.15) is 48.5 Å². The number of rotatable bonds is 3. The summed E-state index contributed by atoms with van der Waals surface area (Å²) in [6, 6.07) is 0. The lowest BCUT2D eigenvalue weighted by atomic mass is 10.0. The molecule has 1 aromatic rings. The van der Waals surface area contributed by atoms with E-state index in [0.29, 0.717) is 0 Å². The van der Waals surface area contributed by atoms with Gasteiger partial charge in [0.15, 0.2) is 11.4 Å². The molecule has 1 aromatic heterocycles. The topological polar surface area (TPSA) is 33.2 Å². The Balaban J connectivity index is 2.15. The molecule has 1 aliphatic rings. The molecule has 2 heterocycles. The van der Waals surface area contributed by atoms with Crippen molar-refractivity contribution in [3.05, 3.63) is 10.6 Å². The number of hydrogen-bond acceptors (Lipinski definition) is 4. The van der Waals surface area contributed by atoms with Gasteiger partial charge in [-0.3, -0.25) is 4.79 Å². The van der Waals surface area contributed by atoms with Crippen LogP contribution in [0.5, 0.6) is 0 Å². The molecule has 94 valence electrons. The third-order valence-electron chi connectivity index (χ3n) is 3.45. The highest BCUT2D eigenvalue weighted by molar-refractivity contribution is 7.17. The Morgan fingerprint density at radius 2 is 2.29 bits per heavy atom. The van der Waals surface area contributed by atoms with E-state index >= 15 is 0 Å². The second kappa shape index (κ2) is 5.63. The van der Waals surface area contributed by atoms with Crippen LogP contribution in [0.15, 0.2) is 0 Å². The Labute approximate surface area is 107 Å². The van der Waals surface area contributed by atoms with Gasteiger partial charge in [0.25, 0.3) is 0 Å². The maximum atomic E-state index is 11.0. The Kier molecular flexibility index (Phi) is 4.15. The van der Waals surface area contributed by atoms with Gasteiger partial charge >= 0.3 is 0 Å². The first-order valence-electron chi connectivity index (χ1n) is 6.44. The molecule has 0 amide bonds. The van der Waals surface area contributed by atoms with Crippen LogP contribution >= 0.6 is 11.3 Å². The average molecular weight is 252 g/mol. The monoisotopic (exact) mass is 252 g/mol. The van der Waals surface area contributed by atoms with Crippen molar-refractivity contribution in [3.63, 3.8) is 0 Å². The van der Waals surface area contributed by atoms with Crippen molar-refractivity contribution in [1.29, 1.82) is 0 Å². The van der Waals surface area contributed by atoms with Crippen LogP contribution in [0.25, 0.3) is 0 Å². The van der Waals surface area contributed by atoms with Gasteiger partial charge in [-0.1, -0.05) is 25.2 Å². The zero-order valence-electron chi connectivity index (χ0n) is 10.6. The zero-order valence-corrected chi connectivity index (χ0v) is 11.4. The maximum Gasteiger partial charge on any atom is 0.186 e. The van der Waals surface area contributed by atoms with Crippen LogP contribution in [0.4, 0.5) is 5.13 Å². The van der Waals surface area contributed by atoms with E-state index in [-0.39, 0.29) is 0 Å². The maximum absolute atomic E-state index is 11.0. The summed E-state index contributed by atoms with van der Waals surface area (Å²) < 4.78 is 0. The molecular formula is C13H20N2OS. The van der Waals surface area contributed by atoms with Crippen LogP contribution < -0.4 is 4.90 Å². The fraction of sp³-hybridized carbons (Fsp3) is 0.692. The summed E-state index contributed by atoms with van der Waals surface area (Å²) in [7, 11) is 0. The van der Waals surface area contributed by atoms with E-state index in [1.165, 1.54) is 19.3 Å². The second-order valence-electron chi connectivity index (χ2n) is 4.80. The molecule has 1 saturated heterocycles. The van der Waals surface area contributed by atoms with Gasteiger partial charge in [0.1, 0.15) is 0 Å². The Bertz CT molecular complexity index is 389. The minimum absolute atomic E-state index is 0.805. The molecule has 1 unspecified atom stereocenters. The number of aryl methyl sites for hydroxylation is 1. The van der Waals surface area contributed by atoms with E-state index in [1.54, 1.807) is 11.3 Å². The molecule has 0 spiro atoms.